The molecule has 1 N–H and O–H groups in total. The second kappa shape index (κ2) is 5.36. The number of benzene rings is 1. The number of hydrogen-bond acceptors (Lipinski definition) is 3. The first kappa shape index (κ1) is 14.2. The lowest BCUT2D eigenvalue weighted by molar-refractivity contribution is -0.133. The zero-order valence-electron chi connectivity index (χ0n) is 13.5. The summed E-state index contributed by atoms with van der Waals surface area (Å²) in [5, 5.41) is 3.43. The van der Waals surface area contributed by atoms with Crippen molar-refractivity contribution in [1.82, 2.24) is 15.1 Å². The summed E-state index contributed by atoms with van der Waals surface area (Å²) < 4.78 is 0. The van der Waals surface area contributed by atoms with Crippen LogP contribution < -0.4 is 5.32 Å². The van der Waals surface area contributed by atoms with E-state index >= 15 is 0 Å². The summed E-state index contributed by atoms with van der Waals surface area (Å²) >= 11 is 0. The number of hydrogen-bond donors (Lipinski definition) is 1. The molecule has 1 unspecified atom stereocenters. The molecule has 118 valence electrons. The molecule has 4 nitrogen and oxygen atoms in total. The van der Waals surface area contributed by atoms with Crippen molar-refractivity contribution in [2.24, 2.45) is 17.8 Å². The SMILES string of the molecule is CN(C)CC1[C@H]2CN(C(=O)[C@H]3Cc4ccccc4CN3)C[C@@H]12. The Kier molecular flexibility index (Phi) is 3.46. The predicted molar refractivity (Wildman–Crippen MR) is 86.4 cm³/mol. The summed E-state index contributed by atoms with van der Waals surface area (Å²) in [7, 11) is 4.28. The topological polar surface area (TPSA) is 35.6 Å². The van der Waals surface area contributed by atoms with Crippen molar-refractivity contribution >= 4 is 5.91 Å². The number of nitrogens with one attached hydrogen (secondary N) is 1. The van der Waals surface area contributed by atoms with E-state index in [9.17, 15) is 4.79 Å². The fourth-order valence-corrected chi connectivity index (χ4v) is 4.37. The Morgan fingerprint density at radius 1 is 1.23 bits per heavy atom. The van der Waals surface area contributed by atoms with Gasteiger partial charge in [0.2, 0.25) is 5.91 Å². The zero-order chi connectivity index (χ0) is 15.3. The van der Waals surface area contributed by atoms with Crippen LogP contribution in [0.5, 0.6) is 0 Å². The number of likely N-dealkylation sites (tertiary alicyclic amines) is 1. The molecule has 1 aromatic carbocycles. The fourth-order valence-electron chi connectivity index (χ4n) is 4.37. The van der Waals surface area contributed by atoms with Gasteiger partial charge in [0.25, 0.3) is 0 Å². The molecule has 2 heterocycles. The third-order valence-corrected chi connectivity index (χ3v) is 5.64. The predicted octanol–water partition coefficient (Wildman–Crippen LogP) is 0.967. The van der Waals surface area contributed by atoms with Gasteiger partial charge in [-0.1, -0.05) is 24.3 Å². The Morgan fingerprint density at radius 3 is 2.59 bits per heavy atom. The maximum absolute atomic E-state index is 12.8. The first-order valence-corrected chi connectivity index (χ1v) is 8.37. The van der Waals surface area contributed by atoms with Crippen LogP contribution in [0.25, 0.3) is 0 Å². The minimum atomic E-state index is -0.0281. The van der Waals surface area contributed by atoms with Crippen molar-refractivity contribution in [3.05, 3.63) is 35.4 Å². The average Bonchev–Trinajstić information content (AvgIpc) is 2.97. The van der Waals surface area contributed by atoms with E-state index in [2.05, 4.69) is 53.5 Å². The molecular formula is C18H25N3O. The first-order valence-electron chi connectivity index (χ1n) is 8.37. The van der Waals surface area contributed by atoms with E-state index in [1.807, 2.05) is 0 Å². The molecular weight excluding hydrogens is 274 g/mol. The van der Waals surface area contributed by atoms with Gasteiger partial charge in [-0.25, -0.2) is 0 Å². The van der Waals surface area contributed by atoms with E-state index in [1.54, 1.807) is 0 Å². The number of rotatable bonds is 3. The highest BCUT2D eigenvalue weighted by Crippen LogP contribution is 2.51. The molecule has 3 aliphatic rings. The Balaban J connectivity index is 1.35. The van der Waals surface area contributed by atoms with Gasteiger partial charge in [-0.2, -0.15) is 0 Å². The van der Waals surface area contributed by atoms with Crippen molar-refractivity contribution in [3.8, 4) is 0 Å². The largest absolute Gasteiger partial charge is 0.341 e. The van der Waals surface area contributed by atoms with Crippen LogP contribution in [0.1, 0.15) is 11.1 Å². The second-order valence-corrected chi connectivity index (χ2v) is 7.40. The van der Waals surface area contributed by atoms with Gasteiger partial charge in [-0.3, -0.25) is 4.79 Å². The highest BCUT2D eigenvalue weighted by Gasteiger charge is 2.56. The molecule has 22 heavy (non-hydrogen) atoms. The Labute approximate surface area is 132 Å². The maximum atomic E-state index is 12.8. The van der Waals surface area contributed by atoms with Gasteiger partial charge in [-0.05, 0) is 49.4 Å². The zero-order valence-corrected chi connectivity index (χ0v) is 13.5. The van der Waals surface area contributed by atoms with Crippen LogP contribution >= 0.6 is 0 Å². The lowest BCUT2D eigenvalue weighted by Crippen LogP contribution is -2.49. The van der Waals surface area contributed by atoms with Crippen molar-refractivity contribution in [1.29, 1.82) is 0 Å². The van der Waals surface area contributed by atoms with E-state index in [4.69, 9.17) is 0 Å². The molecule has 2 fully saturated rings. The summed E-state index contributed by atoms with van der Waals surface area (Å²) in [5.74, 6) is 2.63. The summed E-state index contributed by atoms with van der Waals surface area (Å²) in [6.07, 6.45) is 0.835. The Morgan fingerprint density at radius 2 is 1.91 bits per heavy atom. The van der Waals surface area contributed by atoms with E-state index in [0.717, 1.165) is 43.8 Å². The smallest absolute Gasteiger partial charge is 0.240 e. The van der Waals surface area contributed by atoms with Crippen LogP contribution in [0.3, 0.4) is 0 Å². The lowest BCUT2D eigenvalue weighted by Gasteiger charge is -2.30. The van der Waals surface area contributed by atoms with Gasteiger partial charge in [0, 0.05) is 26.2 Å². The minimum absolute atomic E-state index is 0.0281. The summed E-state index contributed by atoms with van der Waals surface area (Å²) in [4.78, 5) is 17.1. The second-order valence-electron chi connectivity index (χ2n) is 7.40. The van der Waals surface area contributed by atoms with E-state index in [1.165, 1.54) is 17.7 Å². The average molecular weight is 299 g/mol. The van der Waals surface area contributed by atoms with Crippen molar-refractivity contribution in [2.45, 2.75) is 19.0 Å². The van der Waals surface area contributed by atoms with Crippen LogP contribution in [0, 0.1) is 17.8 Å². The molecule has 0 aromatic heterocycles. The molecule has 0 spiro atoms. The third-order valence-electron chi connectivity index (χ3n) is 5.64. The molecule has 1 amide bonds. The minimum Gasteiger partial charge on any atom is -0.341 e. The molecule has 2 aliphatic heterocycles. The molecule has 4 heteroatoms. The number of fused-ring (bicyclic) bond motifs is 2. The summed E-state index contributed by atoms with van der Waals surface area (Å²) in [6, 6.07) is 8.43. The number of amides is 1. The van der Waals surface area contributed by atoms with Crippen LogP contribution in [0.15, 0.2) is 24.3 Å². The van der Waals surface area contributed by atoms with Gasteiger partial charge >= 0.3 is 0 Å². The number of carbonyl (C=O) groups excluding carboxylic acids is 1. The van der Waals surface area contributed by atoms with E-state index < -0.39 is 0 Å². The van der Waals surface area contributed by atoms with E-state index in [0.29, 0.717) is 5.91 Å². The van der Waals surface area contributed by atoms with Crippen molar-refractivity contribution in [3.63, 3.8) is 0 Å². The third kappa shape index (κ3) is 2.44. The van der Waals surface area contributed by atoms with Gasteiger partial charge in [0.05, 0.1) is 6.04 Å². The quantitative estimate of drug-likeness (QED) is 0.903. The summed E-state index contributed by atoms with van der Waals surface area (Å²) in [5.41, 5.74) is 2.66. The molecule has 1 aromatic rings. The molecule has 1 aliphatic carbocycles. The molecule has 1 saturated carbocycles. The van der Waals surface area contributed by atoms with Crippen LogP contribution in [0.4, 0.5) is 0 Å². The Bertz CT molecular complexity index is 573. The highest BCUT2D eigenvalue weighted by atomic mass is 16.2. The summed E-state index contributed by atoms with van der Waals surface area (Å²) in [6.45, 7) is 3.94. The fraction of sp³-hybridized carbons (Fsp3) is 0.611. The molecule has 4 rings (SSSR count). The molecule has 0 bridgehead atoms. The van der Waals surface area contributed by atoms with Gasteiger partial charge in [0.15, 0.2) is 0 Å². The maximum Gasteiger partial charge on any atom is 0.240 e. The highest BCUT2D eigenvalue weighted by molar-refractivity contribution is 5.83. The molecule has 1 saturated heterocycles. The monoisotopic (exact) mass is 299 g/mol. The normalized spacial score (nSPS) is 32.8. The Hall–Kier alpha value is -1.39. The van der Waals surface area contributed by atoms with Gasteiger partial charge in [0.1, 0.15) is 0 Å². The van der Waals surface area contributed by atoms with Crippen LogP contribution in [-0.4, -0.2) is 55.5 Å². The van der Waals surface area contributed by atoms with Crippen LogP contribution in [0.2, 0.25) is 0 Å². The van der Waals surface area contributed by atoms with Crippen molar-refractivity contribution in [2.75, 3.05) is 33.7 Å². The standard InChI is InChI=1S/C18H25N3O/c1-20(2)9-14-15-10-21(11-16(14)15)18(22)17-7-12-5-3-4-6-13(12)8-19-17/h3-6,14-17,19H,7-11H2,1-2H3/t14?,15-,16+,17-/m1/s1. The van der Waals surface area contributed by atoms with E-state index in [-0.39, 0.29) is 6.04 Å². The molecule has 0 radical (unpaired) electrons. The first-order chi connectivity index (χ1) is 10.6. The lowest BCUT2D eigenvalue weighted by atomic mass is 9.95. The molecule has 4 atom stereocenters. The van der Waals surface area contributed by atoms with Gasteiger partial charge in [-0.15, -0.1) is 0 Å². The van der Waals surface area contributed by atoms with Crippen molar-refractivity contribution < 1.29 is 4.79 Å². The van der Waals surface area contributed by atoms with Gasteiger partial charge < -0.3 is 15.1 Å². The number of piperidine rings is 1. The number of nitrogens with zero attached hydrogens (tertiary/aromatic N) is 2. The van der Waals surface area contributed by atoms with Crippen LogP contribution in [-0.2, 0) is 17.8 Å². The number of carbonyl (C=O) groups is 1.